The van der Waals surface area contributed by atoms with Crippen molar-refractivity contribution in [3.05, 3.63) is 92.8 Å². The number of nitrogens with zero attached hydrogens (tertiary/aromatic N) is 3. The van der Waals surface area contributed by atoms with Crippen LogP contribution >= 0.6 is 0 Å². The number of benzene rings is 2. The number of hydrogen-bond acceptors (Lipinski definition) is 13. The molecule has 2 aromatic heterocycles. The number of nitrogens with one attached hydrogen (secondary N) is 3. The fourth-order valence-electron chi connectivity index (χ4n) is 7.63. The second kappa shape index (κ2) is 20.7. The number of amides is 4. The van der Waals surface area contributed by atoms with Crippen molar-refractivity contribution < 1.29 is 52.5 Å². The molecule has 0 bridgehead atoms. The van der Waals surface area contributed by atoms with Crippen LogP contribution in [0.2, 0.25) is 0 Å². The molecule has 3 N–H and O–H groups in total. The molecule has 64 heavy (non-hydrogen) atoms. The molecule has 2 aliphatic rings. The molecule has 0 fully saturated rings. The number of carbonyl (C=O) groups is 6. The van der Waals surface area contributed by atoms with Crippen LogP contribution < -0.4 is 21.5 Å². The van der Waals surface area contributed by atoms with Crippen LogP contribution in [-0.2, 0) is 73.8 Å². The van der Waals surface area contributed by atoms with Gasteiger partial charge in [-0.1, -0.05) is 30.3 Å². The number of para-hydroxylation sites is 1. The smallest absolute Gasteiger partial charge is 0.458 e. The average Bonchev–Trinajstić information content (AvgIpc) is 3.61. The van der Waals surface area contributed by atoms with Crippen molar-refractivity contribution in [2.45, 2.75) is 91.8 Å². The van der Waals surface area contributed by atoms with Crippen molar-refractivity contribution >= 4 is 52.3 Å². The summed E-state index contributed by atoms with van der Waals surface area (Å²) in [6.07, 6.45) is -1.62. The molecule has 340 valence electrons. The number of rotatable bonds is 19. The van der Waals surface area contributed by atoms with Crippen LogP contribution in [-0.4, -0.2) is 101 Å². The number of anilines is 1. The maximum Gasteiger partial charge on any atom is 0.509 e. The van der Waals surface area contributed by atoms with Gasteiger partial charge in [-0.15, -0.1) is 0 Å². The van der Waals surface area contributed by atoms with Gasteiger partial charge in [-0.3, -0.25) is 24.0 Å². The Hall–Kier alpha value is -6.66. The van der Waals surface area contributed by atoms with Gasteiger partial charge in [0.15, 0.2) is 0 Å². The maximum atomic E-state index is 14.0. The Balaban J connectivity index is 1.02. The Bertz CT molecular complexity index is 2480. The van der Waals surface area contributed by atoms with Crippen molar-refractivity contribution in [3.63, 3.8) is 0 Å². The zero-order chi connectivity index (χ0) is 46.1. The molecular formula is C46H54N6O12. The van der Waals surface area contributed by atoms with E-state index in [9.17, 15) is 33.6 Å². The lowest BCUT2D eigenvalue weighted by atomic mass is 9.96. The third-order valence-electron chi connectivity index (χ3n) is 10.9. The fourth-order valence-corrected chi connectivity index (χ4v) is 7.63. The molecule has 0 aliphatic carbocycles. The number of ether oxygens (including phenoxy) is 5. The summed E-state index contributed by atoms with van der Waals surface area (Å²) >= 11 is 0. The number of esters is 1. The largest absolute Gasteiger partial charge is 0.509 e. The van der Waals surface area contributed by atoms with Crippen LogP contribution in [0.15, 0.2) is 59.4 Å². The second-order valence-electron chi connectivity index (χ2n) is 16.4. The number of aromatic nitrogens is 2. The standard InChI is InChI=1S/C46H54N6O12/c1-7-60-19-17-46(5,6)50-40(56)26-61-25-39(55)47-21-38(54)48-30-14-12-29(13-15-30)23-63-45(59)64-42-33-20-37-41-34(22-52(37)43(57)35(33)24-62-44(42)58)31(16-18-51(27(2)3)28(4)53)32-10-8-9-11-36(32)49-41/h8-15,20,27,42H,7,16-19,21-26H2,1-6H3,(H,47,55)(H,48,54)(H,50,56)/t42-/m0/s1. The number of carbonyl (C=O) groups excluding carboxylic acids is 6. The third kappa shape index (κ3) is 11.5. The van der Waals surface area contributed by atoms with Gasteiger partial charge in [-0.25, -0.2) is 14.6 Å². The molecular weight excluding hydrogens is 829 g/mol. The first kappa shape index (κ1) is 46.8. The Morgan fingerprint density at radius 2 is 1.70 bits per heavy atom. The van der Waals surface area contributed by atoms with Crippen LogP contribution in [0.4, 0.5) is 10.5 Å². The van der Waals surface area contributed by atoms with Crippen molar-refractivity contribution in [2.24, 2.45) is 0 Å². The Morgan fingerprint density at radius 1 is 0.969 bits per heavy atom. The van der Waals surface area contributed by atoms with Crippen molar-refractivity contribution in [1.82, 2.24) is 25.1 Å². The minimum atomic E-state index is -1.58. The number of fused-ring (bicyclic) bond motifs is 5. The Kier molecular flexibility index (Phi) is 15.1. The Labute approximate surface area is 369 Å². The maximum absolute atomic E-state index is 14.0. The van der Waals surface area contributed by atoms with E-state index in [1.807, 2.05) is 58.9 Å². The van der Waals surface area contributed by atoms with Crippen LogP contribution in [0.5, 0.6) is 0 Å². The monoisotopic (exact) mass is 882 g/mol. The van der Waals surface area contributed by atoms with E-state index in [1.165, 1.54) is 0 Å². The number of cyclic esters (lactones) is 1. The van der Waals surface area contributed by atoms with Crippen molar-refractivity contribution in [2.75, 3.05) is 44.8 Å². The quantitative estimate of drug-likeness (QED) is 0.0787. The van der Waals surface area contributed by atoms with Gasteiger partial charge in [0.1, 0.15) is 26.4 Å². The highest BCUT2D eigenvalue weighted by molar-refractivity contribution is 5.95. The topological polar surface area (TPSA) is 223 Å². The molecule has 2 aliphatic heterocycles. The molecule has 4 amide bonds. The summed E-state index contributed by atoms with van der Waals surface area (Å²) in [5.74, 6) is -2.39. The SMILES string of the molecule is CCOCCC(C)(C)NC(=O)COCC(=O)NCC(=O)Nc1ccc(COC(=O)O[C@@H]2C(=O)OCc3c2cc2n(c3=O)Cc3c-2nc2ccccc2c3CCN(C(C)=O)C(C)C)cc1. The highest BCUT2D eigenvalue weighted by Crippen LogP contribution is 2.39. The fraction of sp³-hybridized carbons (Fsp3) is 0.435. The lowest BCUT2D eigenvalue weighted by Gasteiger charge is -2.26. The summed E-state index contributed by atoms with van der Waals surface area (Å²) < 4.78 is 28.2. The van der Waals surface area contributed by atoms with E-state index >= 15 is 0 Å². The van der Waals surface area contributed by atoms with Gasteiger partial charge >= 0.3 is 12.1 Å². The van der Waals surface area contributed by atoms with Crippen molar-refractivity contribution in [1.29, 1.82) is 0 Å². The van der Waals surface area contributed by atoms with Crippen LogP contribution in [0.1, 0.15) is 81.9 Å². The first-order valence-electron chi connectivity index (χ1n) is 21.1. The van der Waals surface area contributed by atoms with Gasteiger partial charge < -0.3 is 49.1 Å². The minimum Gasteiger partial charge on any atom is -0.458 e. The first-order chi connectivity index (χ1) is 30.5. The summed E-state index contributed by atoms with van der Waals surface area (Å²) in [7, 11) is 0. The molecule has 0 saturated carbocycles. The molecule has 4 aromatic rings. The van der Waals surface area contributed by atoms with E-state index in [-0.39, 0.29) is 61.9 Å². The lowest BCUT2D eigenvalue weighted by Crippen LogP contribution is -2.46. The van der Waals surface area contributed by atoms with Crippen LogP contribution in [0, 0.1) is 0 Å². The highest BCUT2D eigenvalue weighted by Gasteiger charge is 2.38. The predicted molar refractivity (Wildman–Crippen MR) is 233 cm³/mol. The molecule has 18 nitrogen and oxygen atoms in total. The van der Waals surface area contributed by atoms with E-state index < -0.39 is 47.7 Å². The van der Waals surface area contributed by atoms with E-state index in [0.29, 0.717) is 60.8 Å². The molecule has 0 spiro atoms. The number of pyridine rings is 2. The molecule has 0 unspecified atom stereocenters. The summed E-state index contributed by atoms with van der Waals surface area (Å²) in [6, 6.07) is 15.6. The van der Waals surface area contributed by atoms with Crippen LogP contribution in [0.3, 0.4) is 0 Å². The molecule has 18 heteroatoms. The summed E-state index contributed by atoms with van der Waals surface area (Å²) in [4.78, 5) is 96.1. The normalized spacial score (nSPS) is 13.9. The van der Waals surface area contributed by atoms with Gasteiger partial charge in [-0.2, -0.15) is 0 Å². The van der Waals surface area contributed by atoms with E-state index in [2.05, 4.69) is 16.0 Å². The zero-order valence-corrected chi connectivity index (χ0v) is 36.9. The highest BCUT2D eigenvalue weighted by atomic mass is 16.7. The van der Waals surface area contributed by atoms with Gasteiger partial charge in [0, 0.05) is 60.5 Å². The lowest BCUT2D eigenvalue weighted by molar-refractivity contribution is -0.159. The summed E-state index contributed by atoms with van der Waals surface area (Å²) in [5, 5.41) is 8.81. The predicted octanol–water partition coefficient (Wildman–Crippen LogP) is 4.07. The van der Waals surface area contributed by atoms with Crippen molar-refractivity contribution in [3.8, 4) is 11.4 Å². The van der Waals surface area contributed by atoms with E-state index in [0.717, 1.165) is 16.5 Å². The second-order valence-corrected chi connectivity index (χ2v) is 16.4. The van der Waals surface area contributed by atoms with Crippen LogP contribution in [0.25, 0.3) is 22.3 Å². The molecule has 0 saturated heterocycles. The molecule has 2 aromatic carbocycles. The molecule has 6 rings (SSSR count). The first-order valence-corrected chi connectivity index (χ1v) is 21.1. The number of hydrogen-bond donors (Lipinski definition) is 3. The van der Waals surface area contributed by atoms with E-state index in [4.69, 9.17) is 28.7 Å². The minimum absolute atomic E-state index is 0.00243. The average molecular weight is 883 g/mol. The van der Waals surface area contributed by atoms with Gasteiger partial charge in [0.05, 0.1) is 35.6 Å². The molecule has 4 heterocycles. The van der Waals surface area contributed by atoms with Gasteiger partial charge in [0.25, 0.3) is 5.56 Å². The summed E-state index contributed by atoms with van der Waals surface area (Å²) in [5.41, 5.74) is 3.89. The van der Waals surface area contributed by atoms with Gasteiger partial charge in [0.2, 0.25) is 29.7 Å². The third-order valence-corrected chi connectivity index (χ3v) is 10.9. The zero-order valence-electron chi connectivity index (χ0n) is 36.9. The van der Waals surface area contributed by atoms with Gasteiger partial charge in [-0.05, 0) is 82.9 Å². The molecule has 0 radical (unpaired) electrons. The summed E-state index contributed by atoms with van der Waals surface area (Å²) in [6.45, 7) is 11.2. The Morgan fingerprint density at radius 3 is 2.42 bits per heavy atom. The molecule has 1 atom stereocenters. The van der Waals surface area contributed by atoms with E-state index in [1.54, 1.807) is 46.7 Å².